The molecule has 0 saturated heterocycles. The monoisotopic (exact) mass is 257 g/mol. The van der Waals surface area contributed by atoms with Crippen LogP contribution in [0, 0.1) is 0 Å². The van der Waals surface area contributed by atoms with Gasteiger partial charge in [0, 0.05) is 25.8 Å². The van der Waals surface area contributed by atoms with Crippen molar-refractivity contribution in [1.29, 1.82) is 0 Å². The van der Waals surface area contributed by atoms with E-state index < -0.39 is 0 Å². The molecular weight excluding hydrogens is 238 g/mol. The fraction of sp³-hybridized carbons (Fsp3) is 0.400. The first-order valence-corrected chi connectivity index (χ1v) is 6.73. The molecule has 0 aliphatic heterocycles. The molecule has 1 aromatic heterocycles. The average molecular weight is 257 g/mol. The zero-order chi connectivity index (χ0) is 13.4. The molecule has 1 heterocycles. The molecule has 2 N–H and O–H groups in total. The second kappa shape index (κ2) is 4.70. The summed E-state index contributed by atoms with van der Waals surface area (Å²) in [6, 6.07) is 8.59. The van der Waals surface area contributed by atoms with Gasteiger partial charge in [-0.25, -0.2) is 0 Å². The molecule has 1 saturated carbocycles. The summed E-state index contributed by atoms with van der Waals surface area (Å²) in [5.41, 5.74) is 7.96. The lowest BCUT2D eigenvalue weighted by Gasteiger charge is -2.17. The van der Waals surface area contributed by atoms with Crippen molar-refractivity contribution in [3.63, 3.8) is 0 Å². The molecule has 100 valence electrons. The van der Waals surface area contributed by atoms with Crippen LogP contribution in [-0.4, -0.2) is 28.5 Å². The lowest BCUT2D eigenvalue weighted by molar-refractivity contribution is -0.130. The van der Waals surface area contributed by atoms with Crippen molar-refractivity contribution < 1.29 is 4.79 Å². The molecule has 0 atom stereocenters. The number of amides is 1. The smallest absolute Gasteiger partial charge is 0.242 e. The highest BCUT2D eigenvalue weighted by Crippen LogP contribution is 2.26. The van der Waals surface area contributed by atoms with Crippen LogP contribution in [0.1, 0.15) is 18.4 Å². The van der Waals surface area contributed by atoms with E-state index in [1.807, 2.05) is 40.9 Å². The number of hydrogen-bond acceptors (Lipinski definition) is 2. The first-order chi connectivity index (χ1) is 9.20. The fourth-order valence-electron chi connectivity index (χ4n) is 2.56. The van der Waals surface area contributed by atoms with Crippen molar-refractivity contribution in [2.75, 3.05) is 7.05 Å². The van der Waals surface area contributed by atoms with E-state index in [2.05, 4.69) is 6.07 Å². The van der Waals surface area contributed by atoms with Crippen molar-refractivity contribution in [3.05, 3.63) is 36.0 Å². The lowest BCUT2D eigenvalue weighted by atomic mass is 10.1. The van der Waals surface area contributed by atoms with E-state index in [0.29, 0.717) is 19.1 Å². The van der Waals surface area contributed by atoms with Crippen molar-refractivity contribution >= 4 is 16.8 Å². The first kappa shape index (κ1) is 12.2. The Labute approximate surface area is 112 Å². The number of para-hydroxylation sites is 1. The van der Waals surface area contributed by atoms with Crippen molar-refractivity contribution in [2.45, 2.75) is 32.0 Å². The first-order valence-electron chi connectivity index (χ1n) is 6.73. The highest BCUT2D eigenvalue weighted by molar-refractivity contribution is 5.85. The van der Waals surface area contributed by atoms with Gasteiger partial charge in [0.15, 0.2) is 0 Å². The second-order valence-electron chi connectivity index (χ2n) is 5.24. The molecule has 1 aliphatic rings. The molecule has 0 unspecified atom stereocenters. The normalized spacial score (nSPS) is 14.8. The molecule has 1 aliphatic carbocycles. The van der Waals surface area contributed by atoms with Crippen LogP contribution in [0.15, 0.2) is 30.5 Å². The number of hydrogen-bond donors (Lipinski definition) is 1. The predicted octanol–water partition coefficient (Wildman–Crippen LogP) is 1.72. The van der Waals surface area contributed by atoms with Gasteiger partial charge in [-0.2, -0.15) is 0 Å². The van der Waals surface area contributed by atoms with E-state index in [-0.39, 0.29) is 5.91 Å². The number of fused-ring (bicyclic) bond motifs is 1. The third kappa shape index (κ3) is 2.24. The van der Waals surface area contributed by atoms with E-state index in [4.69, 9.17) is 5.73 Å². The third-order valence-corrected chi connectivity index (χ3v) is 3.89. The summed E-state index contributed by atoms with van der Waals surface area (Å²) in [5, 5.41) is 1.14. The standard InChI is InChI=1S/C15H19N3O/c1-17(13-5-6-13)14(19)10-18-8-7-11-3-2-4-12(9-16)15(11)18/h2-4,7-8,13H,5-6,9-10,16H2,1H3. The molecule has 1 aromatic carbocycles. The quantitative estimate of drug-likeness (QED) is 0.906. The predicted molar refractivity (Wildman–Crippen MR) is 75.6 cm³/mol. The number of rotatable bonds is 4. The largest absolute Gasteiger partial charge is 0.341 e. The minimum Gasteiger partial charge on any atom is -0.341 e. The van der Waals surface area contributed by atoms with Gasteiger partial charge >= 0.3 is 0 Å². The Hall–Kier alpha value is -1.81. The highest BCUT2D eigenvalue weighted by Gasteiger charge is 2.29. The van der Waals surface area contributed by atoms with Crippen LogP contribution in [-0.2, 0) is 17.9 Å². The van der Waals surface area contributed by atoms with Gasteiger partial charge in [0.1, 0.15) is 6.54 Å². The number of aromatic nitrogens is 1. The summed E-state index contributed by atoms with van der Waals surface area (Å²) in [6.07, 6.45) is 4.26. The molecule has 4 heteroatoms. The van der Waals surface area contributed by atoms with E-state index in [0.717, 1.165) is 29.3 Å². The number of carbonyl (C=O) groups is 1. The number of benzene rings is 1. The number of likely N-dealkylation sites (N-methyl/N-ethyl adjacent to an activating group) is 1. The molecule has 3 rings (SSSR count). The van der Waals surface area contributed by atoms with Gasteiger partial charge in [0.05, 0.1) is 5.52 Å². The summed E-state index contributed by atoms with van der Waals surface area (Å²) < 4.78 is 2.01. The Bertz CT molecular complexity index is 613. The molecule has 0 bridgehead atoms. The van der Waals surface area contributed by atoms with Gasteiger partial charge in [-0.1, -0.05) is 18.2 Å². The minimum absolute atomic E-state index is 0.173. The van der Waals surface area contributed by atoms with Crippen LogP contribution in [0.25, 0.3) is 10.9 Å². The van der Waals surface area contributed by atoms with Crippen molar-refractivity contribution in [3.8, 4) is 0 Å². The Balaban J connectivity index is 1.90. The summed E-state index contributed by atoms with van der Waals surface area (Å²) in [7, 11) is 1.90. The molecule has 2 aromatic rings. The zero-order valence-electron chi connectivity index (χ0n) is 11.2. The summed E-state index contributed by atoms with van der Waals surface area (Å²) in [4.78, 5) is 14.1. The Kier molecular flexibility index (Phi) is 3.03. The van der Waals surface area contributed by atoms with Crippen molar-refractivity contribution in [2.24, 2.45) is 5.73 Å². The molecule has 0 spiro atoms. The van der Waals surface area contributed by atoms with Gasteiger partial charge in [0.2, 0.25) is 5.91 Å². The minimum atomic E-state index is 0.173. The van der Waals surface area contributed by atoms with Gasteiger partial charge in [-0.05, 0) is 29.9 Å². The molecule has 19 heavy (non-hydrogen) atoms. The van der Waals surface area contributed by atoms with Gasteiger partial charge in [-0.15, -0.1) is 0 Å². The maximum atomic E-state index is 12.2. The highest BCUT2D eigenvalue weighted by atomic mass is 16.2. The number of nitrogens with zero attached hydrogens (tertiary/aromatic N) is 2. The van der Waals surface area contributed by atoms with E-state index >= 15 is 0 Å². The van der Waals surface area contributed by atoms with Gasteiger partial charge < -0.3 is 15.2 Å². The van der Waals surface area contributed by atoms with Crippen molar-refractivity contribution in [1.82, 2.24) is 9.47 Å². The van der Waals surface area contributed by atoms with Crippen LogP contribution in [0.3, 0.4) is 0 Å². The topological polar surface area (TPSA) is 51.3 Å². The lowest BCUT2D eigenvalue weighted by Crippen LogP contribution is -2.31. The molecular formula is C15H19N3O. The SMILES string of the molecule is CN(C(=O)Cn1ccc2cccc(CN)c21)C1CC1. The summed E-state index contributed by atoms with van der Waals surface area (Å²) >= 11 is 0. The molecule has 4 nitrogen and oxygen atoms in total. The second-order valence-corrected chi connectivity index (χ2v) is 5.24. The maximum absolute atomic E-state index is 12.2. The van der Waals surface area contributed by atoms with E-state index in [1.165, 1.54) is 0 Å². The van der Waals surface area contributed by atoms with Crippen LogP contribution < -0.4 is 5.73 Å². The maximum Gasteiger partial charge on any atom is 0.242 e. The molecule has 1 fully saturated rings. The van der Waals surface area contributed by atoms with Gasteiger partial charge in [-0.3, -0.25) is 4.79 Å². The van der Waals surface area contributed by atoms with Crippen LogP contribution in [0.4, 0.5) is 0 Å². The molecule has 0 radical (unpaired) electrons. The fourth-order valence-corrected chi connectivity index (χ4v) is 2.56. The Morgan fingerprint density at radius 3 is 2.89 bits per heavy atom. The van der Waals surface area contributed by atoms with Gasteiger partial charge in [0.25, 0.3) is 0 Å². The third-order valence-electron chi connectivity index (χ3n) is 3.89. The van der Waals surface area contributed by atoms with E-state index in [9.17, 15) is 4.79 Å². The summed E-state index contributed by atoms with van der Waals surface area (Å²) in [6.45, 7) is 0.890. The van der Waals surface area contributed by atoms with Crippen LogP contribution in [0.5, 0.6) is 0 Å². The van der Waals surface area contributed by atoms with E-state index in [1.54, 1.807) is 0 Å². The average Bonchev–Trinajstić information content (AvgIpc) is 3.20. The van der Waals surface area contributed by atoms with Crippen LogP contribution in [0.2, 0.25) is 0 Å². The van der Waals surface area contributed by atoms with Crippen LogP contribution >= 0.6 is 0 Å². The zero-order valence-corrected chi connectivity index (χ0v) is 11.2. The number of nitrogens with two attached hydrogens (primary N) is 1. The Morgan fingerprint density at radius 2 is 2.21 bits per heavy atom. The summed E-state index contributed by atoms with van der Waals surface area (Å²) in [5.74, 6) is 0.173. The Morgan fingerprint density at radius 1 is 1.42 bits per heavy atom. The molecule has 1 amide bonds. The number of carbonyl (C=O) groups excluding carboxylic acids is 1.